The van der Waals surface area contributed by atoms with Crippen molar-refractivity contribution in [3.63, 3.8) is 0 Å². The molecular formula is C14H19NO3. The Morgan fingerprint density at radius 2 is 1.89 bits per heavy atom. The van der Waals surface area contributed by atoms with Crippen LogP contribution in [0.4, 0.5) is 0 Å². The van der Waals surface area contributed by atoms with E-state index in [9.17, 15) is 0 Å². The maximum Gasteiger partial charge on any atom is 0.127 e. The van der Waals surface area contributed by atoms with Gasteiger partial charge in [0.1, 0.15) is 11.5 Å². The molecule has 1 aliphatic heterocycles. The van der Waals surface area contributed by atoms with Gasteiger partial charge in [0.15, 0.2) is 0 Å². The Bertz CT molecular complexity index is 420. The number of hydrogen-bond donors (Lipinski definition) is 1. The zero-order valence-corrected chi connectivity index (χ0v) is 10.8. The van der Waals surface area contributed by atoms with E-state index in [1.807, 2.05) is 18.2 Å². The van der Waals surface area contributed by atoms with Crippen LogP contribution in [0, 0.1) is 0 Å². The van der Waals surface area contributed by atoms with Crippen molar-refractivity contribution in [3.8, 4) is 11.5 Å². The van der Waals surface area contributed by atoms with E-state index in [1.165, 1.54) is 0 Å². The molecule has 0 aliphatic carbocycles. The van der Waals surface area contributed by atoms with E-state index in [4.69, 9.17) is 19.9 Å². The molecule has 18 heavy (non-hydrogen) atoms. The molecule has 0 aromatic heterocycles. The summed E-state index contributed by atoms with van der Waals surface area (Å²) in [5.74, 6) is 1.49. The average molecular weight is 249 g/mol. The molecule has 1 aliphatic rings. The average Bonchev–Trinajstić information content (AvgIpc) is 2.46. The second-order valence-corrected chi connectivity index (χ2v) is 4.22. The van der Waals surface area contributed by atoms with Gasteiger partial charge in [-0.2, -0.15) is 0 Å². The molecule has 4 heteroatoms. The fourth-order valence-corrected chi connectivity index (χ4v) is 2.19. The largest absolute Gasteiger partial charge is 0.501 e. The van der Waals surface area contributed by atoms with E-state index in [0.717, 1.165) is 42.1 Å². The van der Waals surface area contributed by atoms with Crippen LogP contribution in [0.3, 0.4) is 0 Å². The zero-order valence-electron chi connectivity index (χ0n) is 10.8. The minimum absolute atomic E-state index is 0.253. The van der Waals surface area contributed by atoms with Gasteiger partial charge in [0.25, 0.3) is 0 Å². The Hall–Kier alpha value is -1.68. The third kappa shape index (κ3) is 2.43. The summed E-state index contributed by atoms with van der Waals surface area (Å²) in [6, 6.07) is 5.42. The third-order valence-electron chi connectivity index (χ3n) is 3.14. The van der Waals surface area contributed by atoms with E-state index >= 15 is 0 Å². The van der Waals surface area contributed by atoms with Gasteiger partial charge in [0.2, 0.25) is 0 Å². The van der Waals surface area contributed by atoms with Crippen molar-refractivity contribution in [2.75, 3.05) is 20.8 Å². The highest BCUT2D eigenvalue weighted by atomic mass is 16.5. The molecule has 4 nitrogen and oxygen atoms in total. The molecular weight excluding hydrogens is 230 g/mol. The Morgan fingerprint density at radius 1 is 1.22 bits per heavy atom. The van der Waals surface area contributed by atoms with Gasteiger partial charge in [-0.1, -0.05) is 6.07 Å². The highest BCUT2D eigenvalue weighted by molar-refractivity contribution is 5.49. The van der Waals surface area contributed by atoms with Crippen molar-refractivity contribution >= 4 is 0 Å². The van der Waals surface area contributed by atoms with Crippen LogP contribution in [0.15, 0.2) is 30.0 Å². The SMILES string of the molecule is COc1cccc(OC)c1C(N)C1=COCCC1. The van der Waals surface area contributed by atoms with Crippen molar-refractivity contribution in [1.82, 2.24) is 0 Å². The second kappa shape index (κ2) is 5.78. The Morgan fingerprint density at radius 3 is 2.39 bits per heavy atom. The first kappa shape index (κ1) is 12.8. The van der Waals surface area contributed by atoms with Crippen LogP contribution in [-0.2, 0) is 4.74 Å². The molecule has 1 atom stereocenters. The van der Waals surface area contributed by atoms with Gasteiger partial charge < -0.3 is 19.9 Å². The molecule has 1 aromatic carbocycles. The third-order valence-corrected chi connectivity index (χ3v) is 3.14. The quantitative estimate of drug-likeness (QED) is 0.890. The number of nitrogens with two attached hydrogens (primary N) is 1. The first-order valence-electron chi connectivity index (χ1n) is 6.05. The smallest absolute Gasteiger partial charge is 0.127 e. The van der Waals surface area contributed by atoms with Crippen molar-refractivity contribution in [3.05, 3.63) is 35.6 Å². The topological polar surface area (TPSA) is 53.7 Å². The van der Waals surface area contributed by atoms with E-state index in [2.05, 4.69) is 0 Å². The summed E-state index contributed by atoms with van der Waals surface area (Å²) in [7, 11) is 3.27. The van der Waals surface area contributed by atoms with Crippen molar-refractivity contribution in [1.29, 1.82) is 0 Å². The molecule has 0 saturated carbocycles. The predicted octanol–water partition coefficient (Wildman–Crippen LogP) is 2.40. The number of methoxy groups -OCH3 is 2. The summed E-state index contributed by atoms with van der Waals surface area (Å²) >= 11 is 0. The lowest BCUT2D eigenvalue weighted by Gasteiger charge is -2.23. The summed E-state index contributed by atoms with van der Waals surface area (Å²) < 4.78 is 16.1. The van der Waals surface area contributed by atoms with Crippen LogP contribution in [-0.4, -0.2) is 20.8 Å². The maximum absolute atomic E-state index is 6.31. The van der Waals surface area contributed by atoms with Crippen LogP contribution < -0.4 is 15.2 Å². The van der Waals surface area contributed by atoms with E-state index in [-0.39, 0.29) is 6.04 Å². The normalized spacial score (nSPS) is 16.5. The van der Waals surface area contributed by atoms with E-state index < -0.39 is 0 Å². The molecule has 1 heterocycles. The van der Waals surface area contributed by atoms with Crippen LogP contribution in [0.2, 0.25) is 0 Å². The highest BCUT2D eigenvalue weighted by Crippen LogP contribution is 2.37. The van der Waals surface area contributed by atoms with Crippen LogP contribution in [0.25, 0.3) is 0 Å². The summed E-state index contributed by atoms with van der Waals surface area (Å²) in [4.78, 5) is 0. The second-order valence-electron chi connectivity index (χ2n) is 4.22. The maximum atomic E-state index is 6.31. The molecule has 2 N–H and O–H groups in total. The van der Waals surface area contributed by atoms with Crippen molar-refractivity contribution in [2.24, 2.45) is 5.73 Å². The molecule has 1 unspecified atom stereocenters. The fourth-order valence-electron chi connectivity index (χ4n) is 2.19. The first-order chi connectivity index (χ1) is 8.77. The molecule has 98 valence electrons. The first-order valence-corrected chi connectivity index (χ1v) is 6.05. The van der Waals surface area contributed by atoms with Crippen molar-refractivity contribution < 1.29 is 14.2 Å². The van der Waals surface area contributed by atoms with Gasteiger partial charge in [-0.15, -0.1) is 0 Å². The van der Waals surface area contributed by atoms with Gasteiger partial charge in [-0.05, 0) is 30.5 Å². The Labute approximate surface area is 107 Å². The van der Waals surface area contributed by atoms with E-state index in [1.54, 1.807) is 20.5 Å². The molecule has 0 spiro atoms. The summed E-state index contributed by atoms with van der Waals surface area (Å²) in [6.45, 7) is 0.763. The zero-order chi connectivity index (χ0) is 13.0. The number of ether oxygens (including phenoxy) is 3. The monoisotopic (exact) mass is 249 g/mol. The molecule has 0 radical (unpaired) electrons. The Kier molecular flexibility index (Phi) is 4.10. The summed E-state index contributed by atoms with van der Waals surface area (Å²) in [5, 5.41) is 0. The van der Waals surface area contributed by atoms with Crippen LogP contribution in [0.1, 0.15) is 24.4 Å². The van der Waals surface area contributed by atoms with Gasteiger partial charge in [0, 0.05) is 0 Å². The van der Waals surface area contributed by atoms with Gasteiger partial charge in [-0.3, -0.25) is 0 Å². The van der Waals surface area contributed by atoms with E-state index in [0.29, 0.717) is 0 Å². The summed E-state index contributed by atoms with van der Waals surface area (Å²) in [6.07, 6.45) is 3.71. The molecule has 0 saturated heterocycles. The van der Waals surface area contributed by atoms with Gasteiger partial charge >= 0.3 is 0 Å². The minimum atomic E-state index is -0.253. The molecule has 0 bridgehead atoms. The highest BCUT2D eigenvalue weighted by Gasteiger charge is 2.22. The van der Waals surface area contributed by atoms with Crippen LogP contribution >= 0.6 is 0 Å². The predicted molar refractivity (Wildman–Crippen MR) is 69.7 cm³/mol. The van der Waals surface area contributed by atoms with Crippen molar-refractivity contribution in [2.45, 2.75) is 18.9 Å². The number of hydrogen-bond acceptors (Lipinski definition) is 4. The Balaban J connectivity index is 2.38. The minimum Gasteiger partial charge on any atom is -0.501 e. The van der Waals surface area contributed by atoms with Crippen LogP contribution in [0.5, 0.6) is 11.5 Å². The molecule has 1 aromatic rings. The fraction of sp³-hybridized carbons (Fsp3) is 0.429. The van der Waals surface area contributed by atoms with Gasteiger partial charge in [-0.25, -0.2) is 0 Å². The standard InChI is InChI=1S/C14H19NO3/c1-16-11-6-3-7-12(17-2)13(11)14(15)10-5-4-8-18-9-10/h3,6-7,9,14H,4-5,8,15H2,1-2H3. The lowest BCUT2D eigenvalue weighted by Crippen LogP contribution is -2.18. The summed E-state index contributed by atoms with van der Waals surface area (Å²) in [5.41, 5.74) is 8.26. The molecule has 2 rings (SSSR count). The number of benzene rings is 1. The molecule has 0 fully saturated rings. The lowest BCUT2D eigenvalue weighted by atomic mass is 9.94. The number of rotatable bonds is 4. The van der Waals surface area contributed by atoms with Gasteiger partial charge in [0.05, 0.1) is 38.7 Å². The lowest BCUT2D eigenvalue weighted by molar-refractivity contribution is 0.221. The molecule has 0 amide bonds.